The third-order valence-corrected chi connectivity index (χ3v) is 4.28. The highest BCUT2D eigenvalue weighted by molar-refractivity contribution is 5.56. The van der Waals surface area contributed by atoms with Crippen LogP contribution in [0.4, 0.5) is 13.2 Å². The maximum atomic E-state index is 12.5. The first-order valence-corrected chi connectivity index (χ1v) is 8.76. The van der Waals surface area contributed by atoms with E-state index < -0.39 is 12.8 Å². The molecule has 2 heterocycles. The molecule has 0 atom stereocenters. The highest BCUT2D eigenvalue weighted by atomic mass is 19.4. The SMILES string of the molecule is FC(F)(F)COc1ccccc1Oc1nc(-c2ccncc2)nc2c1CCC2. The Labute approximate surface area is 159 Å². The first-order chi connectivity index (χ1) is 13.5. The average molecular weight is 387 g/mol. The molecule has 0 fully saturated rings. The molecule has 0 amide bonds. The van der Waals surface area contributed by atoms with Crippen molar-refractivity contribution in [2.45, 2.75) is 25.4 Å². The number of alkyl halides is 3. The molecule has 3 aromatic rings. The lowest BCUT2D eigenvalue weighted by Gasteiger charge is -2.15. The van der Waals surface area contributed by atoms with Crippen LogP contribution in [0.3, 0.4) is 0 Å². The number of hydrogen-bond acceptors (Lipinski definition) is 5. The molecule has 5 nitrogen and oxygen atoms in total. The van der Waals surface area contributed by atoms with Gasteiger partial charge in [0.15, 0.2) is 23.9 Å². The summed E-state index contributed by atoms with van der Waals surface area (Å²) in [5.41, 5.74) is 2.56. The molecule has 0 radical (unpaired) electrons. The Kier molecular flexibility index (Phi) is 4.85. The molecule has 0 unspecified atom stereocenters. The van der Waals surface area contributed by atoms with Gasteiger partial charge in [-0.1, -0.05) is 12.1 Å². The number of aryl methyl sites for hydroxylation is 1. The predicted molar refractivity (Wildman–Crippen MR) is 95.4 cm³/mol. The van der Waals surface area contributed by atoms with Crippen molar-refractivity contribution >= 4 is 0 Å². The fourth-order valence-corrected chi connectivity index (χ4v) is 3.03. The van der Waals surface area contributed by atoms with Gasteiger partial charge in [0.25, 0.3) is 0 Å². The van der Waals surface area contributed by atoms with Crippen LogP contribution < -0.4 is 9.47 Å². The van der Waals surface area contributed by atoms with Crippen molar-refractivity contribution < 1.29 is 22.6 Å². The number of benzene rings is 1. The lowest BCUT2D eigenvalue weighted by atomic mass is 10.2. The number of halogens is 3. The normalized spacial score (nSPS) is 13.2. The van der Waals surface area contributed by atoms with Crippen LogP contribution in [0.1, 0.15) is 17.7 Å². The second kappa shape index (κ2) is 7.46. The van der Waals surface area contributed by atoms with Gasteiger partial charge in [0.1, 0.15) is 0 Å². The van der Waals surface area contributed by atoms with Crippen LogP contribution in [0.15, 0.2) is 48.8 Å². The second-order valence-electron chi connectivity index (χ2n) is 6.32. The molecular formula is C20H16F3N3O2. The van der Waals surface area contributed by atoms with E-state index >= 15 is 0 Å². The van der Waals surface area contributed by atoms with Crippen LogP contribution in [0.25, 0.3) is 11.4 Å². The van der Waals surface area contributed by atoms with Crippen LogP contribution in [-0.2, 0) is 12.8 Å². The van der Waals surface area contributed by atoms with Crippen molar-refractivity contribution in [1.29, 1.82) is 0 Å². The van der Waals surface area contributed by atoms with Gasteiger partial charge in [-0.05, 0) is 43.5 Å². The van der Waals surface area contributed by atoms with Crippen molar-refractivity contribution in [2.24, 2.45) is 0 Å². The van der Waals surface area contributed by atoms with Crippen molar-refractivity contribution in [3.8, 4) is 28.8 Å². The van der Waals surface area contributed by atoms with Gasteiger partial charge < -0.3 is 9.47 Å². The number of fused-ring (bicyclic) bond motifs is 1. The maximum absolute atomic E-state index is 12.5. The average Bonchev–Trinajstić information content (AvgIpc) is 3.16. The van der Waals surface area contributed by atoms with E-state index in [-0.39, 0.29) is 11.5 Å². The summed E-state index contributed by atoms with van der Waals surface area (Å²) >= 11 is 0. The lowest BCUT2D eigenvalue weighted by Crippen LogP contribution is -2.19. The Bertz CT molecular complexity index is 978. The Hall–Kier alpha value is -3.16. The first kappa shape index (κ1) is 18.2. The molecule has 4 rings (SSSR count). The monoisotopic (exact) mass is 387 g/mol. The predicted octanol–water partition coefficient (Wildman–Crippen LogP) is 4.76. The largest absolute Gasteiger partial charge is 0.480 e. The number of rotatable bonds is 5. The minimum absolute atomic E-state index is 0.00986. The summed E-state index contributed by atoms with van der Waals surface area (Å²) in [5.74, 6) is 1.03. The highest BCUT2D eigenvalue weighted by Crippen LogP contribution is 2.37. The number of hydrogen-bond donors (Lipinski definition) is 0. The van der Waals surface area contributed by atoms with Gasteiger partial charge in [-0.3, -0.25) is 4.98 Å². The summed E-state index contributed by atoms with van der Waals surface area (Å²) in [4.78, 5) is 13.1. The molecule has 144 valence electrons. The zero-order valence-electron chi connectivity index (χ0n) is 14.7. The molecule has 1 aliphatic carbocycles. The zero-order valence-corrected chi connectivity index (χ0v) is 14.7. The second-order valence-corrected chi connectivity index (χ2v) is 6.32. The molecular weight excluding hydrogens is 371 g/mol. The van der Waals surface area contributed by atoms with Gasteiger partial charge in [-0.15, -0.1) is 0 Å². The molecule has 0 saturated carbocycles. The summed E-state index contributed by atoms with van der Waals surface area (Å²) in [7, 11) is 0. The molecule has 0 N–H and O–H groups in total. The van der Waals surface area contributed by atoms with Crippen molar-refractivity contribution in [3.05, 3.63) is 60.0 Å². The van der Waals surface area contributed by atoms with Gasteiger partial charge in [-0.2, -0.15) is 18.2 Å². The van der Waals surface area contributed by atoms with E-state index in [1.807, 2.05) is 0 Å². The first-order valence-electron chi connectivity index (χ1n) is 8.76. The van der Waals surface area contributed by atoms with Crippen molar-refractivity contribution in [3.63, 3.8) is 0 Å². The third-order valence-electron chi connectivity index (χ3n) is 4.28. The fourth-order valence-electron chi connectivity index (χ4n) is 3.03. The van der Waals surface area contributed by atoms with Crippen LogP contribution in [-0.4, -0.2) is 27.7 Å². The standard InChI is InChI=1S/C20H16F3N3O2/c21-20(22,23)12-27-16-6-1-2-7-17(16)28-19-14-4-3-5-15(14)25-18(26-19)13-8-10-24-11-9-13/h1-2,6-11H,3-5,12H2. The number of aromatic nitrogens is 3. The van der Waals surface area contributed by atoms with E-state index in [2.05, 4.69) is 15.0 Å². The van der Waals surface area contributed by atoms with Crippen LogP contribution in [0.5, 0.6) is 17.4 Å². The van der Waals surface area contributed by atoms with E-state index in [4.69, 9.17) is 9.47 Å². The molecule has 1 aliphatic rings. The smallest absolute Gasteiger partial charge is 0.422 e. The third kappa shape index (κ3) is 4.05. The minimum atomic E-state index is -4.43. The van der Waals surface area contributed by atoms with E-state index in [0.29, 0.717) is 11.7 Å². The molecule has 28 heavy (non-hydrogen) atoms. The molecule has 2 aromatic heterocycles. The number of para-hydroxylation sites is 2. The molecule has 1 aromatic carbocycles. The van der Waals surface area contributed by atoms with E-state index in [0.717, 1.165) is 36.1 Å². The molecule has 0 bridgehead atoms. The van der Waals surface area contributed by atoms with Crippen molar-refractivity contribution in [2.75, 3.05) is 6.61 Å². The molecule has 0 saturated heterocycles. The zero-order chi connectivity index (χ0) is 19.6. The number of ether oxygens (including phenoxy) is 2. The summed E-state index contributed by atoms with van der Waals surface area (Å²) in [6.07, 6.45) is 1.34. The Morgan fingerprint density at radius 2 is 1.68 bits per heavy atom. The van der Waals surface area contributed by atoms with Crippen LogP contribution in [0.2, 0.25) is 0 Å². The summed E-state index contributed by atoms with van der Waals surface area (Å²) in [6, 6.07) is 9.83. The molecule has 8 heteroatoms. The van der Waals surface area contributed by atoms with Crippen LogP contribution >= 0.6 is 0 Å². The van der Waals surface area contributed by atoms with Gasteiger partial charge in [0.2, 0.25) is 5.88 Å². The fraction of sp³-hybridized carbons (Fsp3) is 0.250. The highest BCUT2D eigenvalue weighted by Gasteiger charge is 2.29. The van der Waals surface area contributed by atoms with Gasteiger partial charge in [0.05, 0.1) is 5.69 Å². The number of pyridine rings is 1. The minimum Gasteiger partial charge on any atom is -0.480 e. The Morgan fingerprint density at radius 1 is 0.929 bits per heavy atom. The van der Waals surface area contributed by atoms with E-state index in [1.54, 1.807) is 42.7 Å². The Morgan fingerprint density at radius 3 is 2.43 bits per heavy atom. The van der Waals surface area contributed by atoms with E-state index in [9.17, 15) is 13.2 Å². The molecule has 0 spiro atoms. The van der Waals surface area contributed by atoms with E-state index in [1.165, 1.54) is 6.07 Å². The molecule has 0 aliphatic heterocycles. The van der Waals surface area contributed by atoms with Crippen molar-refractivity contribution in [1.82, 2.24) is 15.0 Å². The van der Waals surface area contributed by atoms with Gasteiger partial charge in [-0.25, -0.2) is 4.98 Å². The lowest BCUT2D eigenvalue weighted by molar-refractivity contribution is -0.153. The Balaban J connectivity index is 1.68. The van der Waals surface area contributed by atoms with Gasteiger partial charge in [0, 0.05) is 23.5 Å². The van der Waals surface area contributed by atoms with Gasteiger partial charge >= 0.3 is 6.18 Å². The quantitative estimate of drug-likeness (QED) is 0.632. The summed E-state index contributed by atoms with van der Waals surface area (Å²) < 4.78 is 48.4. The number of nitrogens with zero attached hydrogens (tertiary/aromatic N) is 3. The summed E-state index contributed by atoms with van der Waals surface area (Å²) in [6.45, 7) is -1.39. The summed E-state index contributed by atoms with van der Waals surface area (Å²) in [5, 5.41) is 0. The topological polar surface area (TPSA) is 57.1 Å². The maximum Gasteiger partial charge on any atom is 0.422 e. The van der Waals surface area contributed by atoms with Crippen LogP contribution in [0, 0.1) is 0 Å².